The number of ether oxygens (including phenoxy) is 4. The summed E-state index contributed by atoms with van der Waals surface area (Å²) in [6, 6.07) is 0. The molecule has 1 rings (SSSR count). The Hall–Kier alpha value is -0.0231. The van der Waals surface area contributed by atoms with Crippen LogP contribution in [0.3, 0.4) is 0 Å². The molecule has 5 atom stereocenters. The van der Waals surface area contributed by atoms with Crippen molar-refractivity contribution in [2.75, 3.05) is 26.4 Å². The van der Waals surface area contributed by atoms with Gasteiger partial charge in [-0.3, -0.25) is 0 Å². The molecule has 1 fully saturated rings. The molecular weight excluding hydrogens is 424 g/mol. The van der Waals surface area contributed by atoms with Crippen LogP contribution in [-0.4, -0.2) is 75.2 Å². The van der Waals surface area contributed by atoms with Gasteiger partial charge < -0.3 is 28.8 Å². The van der Waals surface area contributed by atoms with Crippen molar-refractivity contribution >= 4 is 8.32 Å². The first-order valence-electron chi connectivity index (χ1n) is 13.0. The maximum atomic E-state index is 10.8. The van der Waals surface area contributed by atoms with E-state index in [0.717, 1.165) is 51.4 Å². The summed E-state index contributed by atoms with van der Waals surface area (Å²) in [6.07, 6.45) is 6.20. The molecule has 192 valence electrons. The summed E-state index contributed by atoms with van der Waals surface area (Å²) < 4.78 is 25.4. The van der Waals surface area contributed by atoms with Crippen LogP contribution < -0.4 is 0 Å². The standard InChI is InChI=1S/C25H52O6Si/c1-8-11-16-28-22-20(14-15-25(4,5)32(6,7)27)31-21(19-26)23(29-17-12-9-2)24(22)30-18-13-10-3/h20-24,26-27H,8-19H2,1-7H3/t20-,21+,22-,23+,24+/m1/s1. The van der Waals surface area contributed by atoms with Crippen molar-refractivity contribution in [2.45, 2.75) is 135 Å². The number of aliphatic hydroxyl groups is 1. The molecule has 1 saturated heterocycles. The van der Waals surface area contributed by atoms with Crippen molar-refractivity contribution in [1.29, 1.82) is 0 Å². The molecule has 0 saturated carbocycles. The summed E-state index contributed by atoms with van der Waals surface area (Å²) in [5.74, 6) is 0. The topological polar surface area (TPSA) is 77.4 Å². The molecule has 0 radical (unpaired) electrons. The highest BCUT2D eigenvalue weighted by Gasteiger charge is 2.48. The molecule has 0 aliphatic carbocycles. The second-order valence-corrected chi connectivity index (χ2v) is 14.9. The van der Waals surface area contributed by atoms with Gasteiger partial charge in [0.15, 0.2) is 8.32 Å². The monoisotopic (exact) mass is 476 g/mol. The second kappa shape index (κ2) is 15.1. The van der Waals surface area contributed by atoms with Gasteiger partial charge in [-0.25, -0.2) is 0 Å². The van der Waals surface area contributed by atoms with Gasteiger partial charge in [-0.2, -0.15) is 0 Å². The van der Waals surface area contributed by atoms with Crippen LogP contribution in [0, 0.1) is 0 Å². The van der Waals surface area contributed by atoms with Gasteiger partial charge in [0.1, 0.15) is 24.4 Å². The molecule has 1 aliphatic rings. The van der Waals surface area contributed by atoms with Gasteiger partial charge in [0.25, 0.3) is 0 Å². The van der Waals surface area contributed by atoms with Crippen LogP contribution in [0.15, 0.2) is 0 Å². The minimum atomic E-state index is -2.33. The molecule has 0 aromatic rings. The zero-order valence-electron chi connectivity index (χ0n) is 21.9. The summed E-state index contributed by atoms with van der Waals surface area (Å²) in [5, 5.41) is 10.0. The minimum absolute atomic E-state index is 0.105. The molecule has 0 aromatic heterocycles. The van der Waals surface area contributed by atoms with E-state index in [2.05, 4.69) is 34.6 Å². The molecular formula is C25H52O6Si. The van der Waals surface area contributed by atoms with Crippen LogP contribution in [0.1, 0.15) is 86.0 Å². The number of hydrogen-bond acceptors (Lipinski definition) is 6. The Morgan fingerprint density at radius 1 is 0.781 bits per heavy atom. The van der Waals surface area contributed by atoms with E-state index in [4.69, 9.17) is 18.9 Å². The fraction of sp³-hybridized carbons (Fsp3) is 1.00. The fourth-order valence-corrected chi connectivity index (χ4v) is 4.62. The average molecular weight is 477 g/mol. The van der Waals surface area contributed by atoms with Gasteiger partial charge in [0, 0.05) is 19.8 Å². The smallest absolute Gasteiger partial charge is 0.188 e. The van der Waals surface area contributed by atoms with Crippen LogP contribution >= 0.6 is 0 Å². The fourth-order valence-electron chi connectivity index (χ4n) is 3.86. The largest absolute Gasteiger partial charge is 0.432 e. The van der Waals surface area contributed by atoms with Crippen LogP contribution in [0.2, 0.25) is 18.1 Å². The molecule has 6 nitrogen and oxygen atoms in total. The van der Waals surface area contributed by atoms with E-state index < -0.39 is 14.4 Å². The molecule has 0 amide bonds. The van der Waals surface area contributed by atoms with Crippen LogP contribution in [0.5, 0.6) is 0 Å². The van der Waals surface area contributed by atoms with E-state index >= 15 is 0 Å². The van der Waals surface area contributed by atoms with E-state index in [1.165, 1.54) is 0 Å². The Balaban J connectivity index is 3.10. The maximum absolute atomic E-state index is 10.8. The Morgan fingerprint density at radius 2 is 1.22 bits per heavy atom. The zero-order valence-corrected chi connectivity index (χ0v) is 22.9. The number of unbranched alkanes of at least 4 members (excludes halogenated alkanes) is 3. The van der Waals surface area contributed by atoms with Gasteiger partial charge in [-0.05, 0) is 50.2 Å². The Morgan fingerprint density at radius 3 is 1.62 bits per heavy atom. The van der Waals surface area contributed by atoms with Gasteiger partial charge in [-0.15, -0.1) is 0 Å². The molecule has 0 spiro atoms. The molecule has 1 heterocycles. The molecule has 7 heteroatoms. The van der Waals surface area contributed by atoms with Gasteiger partial charge in [0.05, 0.1) is 12.7 Å². The Kier molecular flexibility index (Phi) is 14.1. The molecule has 0 unspecified atom stereocenters. The third kappa shape index (κ3) is 9.32. The zero-order chi connectivity index (χ0) is 24.2. The number of hydrogen-bond donors (Lipinski definition) is 2. The molecule has 1 aliphatic heterocycles. The first kappa shape index (κ1) is 30.0. The van der Waals surface area contributed by atoms with Crippen LogP contribution in [-0.2, 0) is 18.9 Å². The maximum Gasteiger partial charge on any atom is 0.188 e. The van der Waals surface area contributed by atoms with E-state index in [1.807, 2.05) is 13.1 Å². The van der Waals surface area contributed by atoms with Gasteiger partial charge >= 0.3 is 0 Å². The third-order valence-corrected chi connectivity index (χ3v) is 10.6. The van der Waals surface area contributed by atoms with E-state index in [0.29, 0.717) is 19.8 Å². The van der Waals surface area contributed by atoms with Crippen LogP contribution in [0.25, 0.3) is 0 Å². The quantitative estimate of drug-likeness (QED) is 0.226. The van der Waals surface area contributed by atoms with Crippen molar-refractivity contribution < 1.29 is 28.8 Å². The van der Waals surface area contributed by atoms with E-state index in [1.54, 1.807) is 0 Å². The normalized spacial score (nSPS) is 27.1. The molecule has 0 bridgehead atoms. The van der Waals surface area contributed by atoms with E-state index in [-0.39, 0.29) is 36.1 Å². The highest BCUT2D eigenvalue weighted by atomic mass is 28.4. The van der Waals surface area contributed by atoms with Crippen LogP contribution in [0.4, 0.5) is 0 Å². The van der Waals surface area contributed by atoms with Crippen molar-refractivity contribution in [3.63, 3.8) is 0 Å². The highest BCUT2D eigenvalue weighted by Crippen LogP contribution is 2.42. The van der Waals surface area contributed by atoms with Crippen molar-refractivity contribution in [3.05, 3.63) is 0 Å². The summed E-state index contributed by atoms with van der Waals surface area (Å²) in [5.41, 5.74) is 0. The highest BCUT2D eigenvalue weighted by molar-refractivity contribution is 6.72. The lowest BCUT2D eigenvalue weighted by molar-refractivity contribution is -0.265. The predicted octanol–water partition coefficient (Wildman–Crippen LogP) is 5.06. The first-order chi connectivity index (χ1) is 15.1. The second-order valence-electron chi connectivity index (χ2n) is 10.4. The summed E-state index contributed by atoms with van der Waals surface area (Å²) in [7, 11) is -2.33. The number of aliphatic hydroxyl groups excluding tert-OH is 1. The molecule has 32 heavy (non-hydrogen) atoms. The van der Waals surface area contributed by atoms with Crippen molar-refractivity contribution in [3.8, 4) is 0 Å². The van der Waals surface area contributed by atoms with Crippen molar-refractivity contribution in [1.82, 2.24) is 0 Å². The number of rotatable bonds is 17. The third-order valence-electron chi connectivity index (χ3n) is 7.04. The summed E-state index contributed by atoms with van der Waals surface area (Å²) in [4.78, 5) is 10.8. The summed E-state index contributed by atoms with van der Waals surface area (Å²) in [6.45, 7) is 16.5. The lowest BCUT2D eigenvalue weighted by Gasteiger charge is -2.47. The van der Waals surface area contributed by atoms with Gasteiger partial charge in [0.2, 0.25) is 0 Å². The van der Waals surface area contributed by atoms with E-state index in [9.17, 15) is 9.90 Å². The summed E-state index contributed by atoms with van der Waals surface area (Å²) >= 11 is 0. The predicted molar refractivity (Wildman–Crippen MR) is 133 cm³/mol. The lowest BCUT2D eigenvalue weighted by atomic mass is 9.90. The molecule has 0 aromatic carbocycles. The lowest BCUT2D eigenvalue weighted by Crippen LogP contribution is -2.61. The molecule has 2 N–H and O–H groups in total. The first-order valence-corrected chi connectivity index (χ1v) is 15.9. The average Bonchev–Trinajstić information content (AvgIpc) is 2.73. The van der Waals surface area contributed by atoms with Crippen molar-refractivity contribution in [2.24, 2.45) is 0 Å². The Labute approximate surface area is 198 Å². The van der Waals surface area contributed by atoms with Gasteiger partial charge in [-0.1, -0.05) is 53.9 Å². The SMILES string of the molecule is CCCCO[C@@H]1[C@@H](OCCCC)[C@H](CO)O[C@H](CCC(C)(C)[Si](C)(C)O)[C@H]1OCCCC. The minimum Gasteiger partial charge on any atom is -0.432 e. The Bertz CT molecular complexity index is 482.